The maximum atomic E-state index is 12.3. The van der Waals surface area contributed by atoms with Crippen LogP contribution in [0.5, 0.6) is 0 Å². The number of hydrogen-bond acceptors (Lipinski definition) is 3. The predicted octanol–water partition coefficient (Wildman–Crippen LogP) is 4.53. The summed E-state index contributed by atoms with van der Waals surface area (Å²) >= 11 is 5.83. The summed E-state index contributed by atoms with van der Waals surface area (Å²) in [5.74, 6) is -0.642. The molecule has 0 radical (unpaired) electrons. The highest BCUT2D eigenvalue weighted by Gasteiger charge is 2.21. The number of nitrogens with one attached hydrogen (secondary N) is 1. The molecule has 1 aliphatic heterocycles. The Morgan fingerprint density at radius 1 is 1.12 bits per heavy atom. The number of carboxylic acids is 1. The smallest absolute Gasteiger partial charge is 0.337 e. The van der Waals surface area contributed by atoms with Crippen LogP contribution in [0.25, 0.3) is 0 Å². The Balaban J connectivity index is 1.81. The van der Waals surface area contributed by atoms with Gasteiger partial charge in [-0.25, -0.2) is 4.79 Å². The Morgan fingerprint density at radius 2 is 1.77 bits per heavy atom. The third-order valence-corrected chi connectivity index (χ3v) is 4.97. The standard InChI is InChI=1S/C20H21ClN2O3/c1-13-8-10-23(11-9-13)18-7-6-16(12-17(18)20(25)26)22-19(24)14-2-4-15(21)5-3-14/h2-7,12-13H,8-11H2,1H3,(H,22,24)(H,25,26). The predicted molar refractivity (Wildman–Crippen MR) is 103 cm³/mol. The fourth-order valence-electron chi connectivity index (χ4n) is 3.11. The second-order valence-electron chi connectivity index (χ2n) is 6.67. The molecule has 0 bridgehead atoms. The van der Waals surface area contributed by atoms with Crippen molar-refractivity contribution in [3.8, 4) is 0 Å². The molecule has 2 N–H and O–H groups in total. The molecule has 0 atom stereocenters. The molecule has 3 rings (SSSR count). The molecule has 0 spiro atoms. The van der Waals surface area contributed by atoms with Gasteiger partial charge >= 0.3 is 5.97 Å². The molecule has 1 saturated heterocycles. The average Bonchev–Trinajstić information content (AvgIpc) is 2.63. The first kappa shape index (κ1) is 18.3. The van der Waals surface area contributed by atoms with Gasteiger partial charge in [-0.2, -0.15) is 0 Å². The van der Waals surface area contributed by atoms with Gasteiger partial charge in [0.15, 0.2) is 0 Å². The monoisotopic (exact) mass is 372 g/mol. The van der Waals surface area contributed by atoms with E-state index in [1.165, 1.54) is 6.07 Å². The van der Waals surface area contributed by atoms with Crippen molar-refractivity contribution < 1.29 is 14.7 Å². The lowest BCUT2D eigenvalue weighted by atomic mass is 9.98. The van der Waals surface area contributed by atoms with E-state index in [1.54, 1.807) is 36.4 Å². The molecule has 0 aromatic heterocycles. The molecule has 26 heavy (non-hydrogen) atoms. The minimum Gasteiger partial charge on any atom is -0.478 e. The number of carboxylic acid groups (broad SMARTS) is 1. The number of nitrogens with zero attached hydrogens (tertiary/aromatic N) is 1. The Hall–Kier alpha value is -2.53. The minimum atomic E-state index is -0.999. The molecule has 5 nitrogen and oxygen atoms in total. The molecular formula is C20H21ClN2O3. The zero-order valence-corrected chi connectivity index (χ0v) is 15.3. The second-order valence-corrected chi connectivity index (χ2v) is 7.10. The van der Waals surface area contributed by atoms with Gasteiger partial charge in [0.2, 0.25) is 0 Å². The maximum absolute atomic E-state index is 12.3. The van der Waals surface area contributed by atoms with Gasteiger partial charge < -0.3 is 15.3 Å². The number of piperidine rings is 1. The van der Waals surface area contributed by atoms with E-state index in [1.807, 2.05) is 0 Å². The molecule has 0 saturated carbocycles. The lowest BCUT2D eigenvalue weighted by Crippen LogP contribution is -2.33. The molecule has 1 heterocycles. The Morgan fingerprint density at radius 3 is 2.38 bits per heavy atom. The molecule has 136 valence electrons. The van der Waals surface area contributed by atoms with Crippen molar-refractivity contribution in [2.45, 2.75) is 19.8 Å². The van der Waals surface area contributed by atoms with Crippen molar-refractivity contribution >= 4 is 34.9 Å². The SMILES string of the molecule is CC1CCN(c2ccc(NC(=O)c3ccc(Cl)cc3)cc2C(=O)O)CC1. The van der Waals surface area contributed by atoms with E-state index in [4.69, 9.17) is 11.6 Å². The van der Waals surface area contributed by atoms with Crippen molar-refractivity contribution in [1.29, 1.82) is 0 Å². The zero-order valence-electron chi connectivity index (χ0n) is 14.5. The van der Waals surface area contributed by atoms with E-state index in [9.17, 15) is 14.7 Å². The number of amides is 1. The number of rotatable bonds is 4. The summed E-state index contributed by atoms with van der Waals surface area (Å²) in [6.45, 7) is 3.90. The van der Waals surface area contributed by atoms with Crippen molar-refractivity contribution in [2.24, 2.45) is 5.92 Å². The van der Waals surface area contributed by atoms with Crippen LogP contribution in [-0.4, -0.2) is 30.1 Å². The number of anilines is 2. The van der Waals surface area contributed by atoms with Gasteiger partial charge in [0.05, 0.1) is 11.3 Å². The van der Waals surface area contributed by atoms with E-state index < -0.39 is 5.97 Å². The first-order valence-electron chi connectivity index (χ1n) is 8.63. The fourth-order valence-corrected chi connectivity index (χ4v) is 3.24. The lowest BCUT2D eigenvalue weighted by Gasteiger charge is -2.33. The zero-order chi connectivity index (χ0) is 18.7. The molecule has 1 fully saturated rings. The number of benzene rings is 2. The minimum absolute atomic E-state index is 0.202. The molecule has 6 heteroatoms. The van der Waals surface area contributed by atoms with Crippen molar-refractivity contribution in [2.75, 3.05) is 23.3 Å². The van der Waals surface area contributed by atoms with Crippen molar-refractivity contribution in [1.82, 2.24) is 0 Å². The van der Waals surface area contributed by atoms with E-state index in [-0.39, 0.29) is 11.5 Å². The van der Waals surface area contributed by atoms with Gasteiger partial charge in [-0.15, -0.1) is 0 Å². The largest absolute Gasteiger partial charge is 0.478 e. The number of hydrogen-bond donors (Lipinski definition) is 2. The summed E-state index contributed by atoms with van der Waals surface area (Å²) in [4.78, 5) is 26.1. The highest BCUT2D eigenvalue weighted by atomic mass is 35.5. The van der Waals surface area contributed by atoms with Gasteiger partial charge in [-0.3, -0.25) is 4.79 Å². The first-order chi connectivity index (χ1) is 12.4. The highest BCUT2D eigenvalue weighted by Crippen LogP contribution is 2.29. The number of carbonyl (C=O) groups excluding carboxylic acids is 1. The topological polar surface area (TPSA) is 69.6 Å². The van der Waals surface area contributed by atoms with Crippen LogP contribution in [0.1, 0.15) is 40.5 Å². The number of aromatic carboxylic acids is 1. The average molecular weight is 373 g/mol. The van der Waals surface area contributed by atoms with Crippen LogP contribution >= 0.6 is 11.6 Å². The van der Waals surface area contributed by atoms with Gasteiger partial charge in [0.25, 0.3) is 5.91 Å². The third kappa shape index (κ3) is 4.17. The van der Waals surface area contributed by atoms with Crippen molar-refractivity contribution in [3.05, 3.63) is 58.6 Å². The second kappa shape index (κ2) is 7.79. The van der Waals surface area contributed by atoms with Crippen LogP contribution in [0.2, 0.25) is 5.02 Å². The first-order valence-corrected chi connectivity index (χ1v) is 9.01. The maximum Gasteiger partial charge on any atom is 0.337 e. The summed E-state index contributed by atoms with van der Waals surface area (Å²) in [6, 6.07) is 11.6. The van der Waals surface area contributed by atoms with Crippen LogP contribution in [0.4, 0.5) is 11.4 Å². The molecule has 2 aromatic rings. The van der Waals surface area contributed by atoms with Crippen LogP contribution in [0.3, 0.4) is 0 Å². The molecule has 1 amide bonds. The number of halogens is 1. The molecular weight excluding hydrogens is 352 g/mol. The van der Waals surface area contributed by atoms with E-state index >= 15 is 0 Å². The third-order valence-electron chi connectivity index (χ3n) is 4.72. The van der Waals surface area contributed by atoms with E-state index in [2.05, 4.69) is 17.1 Å². The van der Waals surface area contributed by atoms with Crippen LogP contribution in [0.15, 0.2) is 42.5 Å². The van der Waals surface area contributed by atoms with Crippen LogP contribution in [-0.2, 0) is 0 Å². The van der Waals surface area contributed by atoms with Crippen LogP contribution < -0.4 is 10.2 Å². The summed E-state index contributed by atoms with van der Waals surface area (Å²) in [5, 5.41) is 12.9. The Labute approximate surface area is 157 Å². The highest BCUT2D eigenvalue weighted by molar-refractivity contribution is 6.30. The van der Waals surface area contributed by atoms with Crippen LogP contribution in [0, 0.1) is 5.92 Å². The summed E-state index contributed by atoms with van der Waals surface area (Å²) in [5.41, 5.74) is 1.82. The normalized spacial score (nSPS) is 14.9. The lowest BCUT2D eigenvalue weighted by molar-refractivity contribution is 0.0697. The summed E-state index contributed by atoms with van der Waals surface area (Å²) in [6.07, 6.45) is 2.10. The Kier molecular flexibility index (Phi) is 5.47. The molecule has 0 aliphatic carbocycles. The van der Waals surface area contributed by atoms with Gasteiger partial charge in [-0.05, 0) is 61.2 Å². The molecule has 2 aromatic carbocycles. The van der Waals surface area contributed by atoms with Gasteiger partial charge in [0.1, 0.15) is 0 Å². The van der Waals surface area contributed by atoms with E-state index in [0.29, 0.717) is 27.9 Å². The van der Waals surface area contributed by atoms with Gasteiger partial charge in [-0.1, -0.05) is 18.5 Å². The van der Waals surface area contributed by atoms with Crippen molar-refractivity contribution in [3.63, 3.8) is 0 Å². The summed E-state index contributed by atoms with van der Waals surface area (Å²) in [7, 11) is 0. The quantitative estimate of drug-likeness (QED) is 0.827. The summed E-state index contributed by atoms with van der Waals surface area (Å²) < 4.78 is 0. The van der Waals surface area contributed by atoms with E-state index in [0.717, 1.165) is 25.9 Å². The fraction of sp³-hybridized carbons (Fsp3) is 0.300. The number of carbonyl (C=O) groups is 2. The molecule has 1 aliphatic rings. The van der Waals surface area contributed by atoms with Gasteiger partial charge in [0, 0.05) is 29.4 Å². The molecule has 0 unspecified atom stereocenters. The Bertz CT molecular complexity index is 812.